The van der Waals surface area contributed by atoms with E-state index < -0.39 is 24.0 Å². The van der Waals surface area contributed by atoms with E-state index in [2.05, 4.69) is 10.1 Å². The van der Waals surface area contributed by atoms with Crippen molar-refractivity contribution in [3.63, 3.8) is 0 Å². The van der Waals surface area contributed by atoms with Gasteiger partial charge in [0.25, 0.3) is 0 Å². The number of aryl methyl sites for hydroxylation is 2. The number of hydrogen-bond donors (Lipinski definition) is 2. The van der Waals surface area contributed by atoms with Gasteiger partial charge in [-0.2, -0.15) is 0 Å². The summed E-state index contributed by atoms with van der Waals surface area (Å²) in [6, 6.07) is 14.2. The van der Waals surface area contributed by atoms with E-state index in [1.54, 1.807) is 21.1 Å². The molecule has 0 aliphatic carbocycles. The zero-order valence-corrected chi connectivity index (χ0v) is 18.6. The van der Waals surface area contributed by atoms with Crippen molar-refractivity contribution in [1.82, 2.24) is 9.88 Å². The fourth-order valence-corrected chi connectivity index (χ4v) is 3.37. The van der Waals surface area contributed by atoms with Crippen LogP contribution in [0.4, 0.5) is 4.79 Å². The minimum absolute atomic E-state index is 0.0842. The number of methoxy groups -OCH3 is 1. The van der Waals surface area contributed by atoms with Gasteiger partial charge in [0.05, 0.1) is 0 Å². The Hall–Kier alpha value is -3.32. The monoisotopic (exact) mass is 426 g/mol. The highest BCUT2D eigenvalue weighted by atomic mass is 16.5. The number of hydrogen-bond acceptors (Lipinski definition) is 4. The van der Waals surface area contributed by atoms with Crippen LogP contribution in [0.3, 0.4) is 0 Å². The number of ether oxygens (including phenoxy) is 2. The van der Waals surface area contributed by atoms with Gasteiger partial charge in [0, 0.05) is 44.3 Å². The number of fused-ring (bicyclic) bond motifs is 1. The van der Waals surface area contributed by atoms with Crippen molar-refractivity contribution < 1.29 is 24.2 Å². The summed E-state index contributed by atoms with van der Waals surface area (Å²) in [6.45, 7) is 3.88. The lowest BCUT2D eigenvalue weighted by molar-refractivity contribution is -0.139. The average molecular weight is 427 g/mol. The number of carbonyl (C=O) groups excluding carboxylic acids is 1. The van der Waals surface area contributed by atoms with Crippen LogP contribution in [0.2, 0.25) is 0 Å². The minimum Gasteiger partial charge on any atom is -0.480 e. The minimum atomic E-state index is -1.10. The van der Waals surface area contributed by atoms with E-state index in [1.165, 1.54) is 0 Å². The van der Waals surface area contributed by atoms with Crippen LogP contribution in [-0.4, -0.2) is 42.0 Å². The summed E-state index contributed by atoms with van der Waals surface area (Å²) in [7, 11) is 5.17. The van der Waals surface area contributed by atoms with Gasteiger partial charge in [-0.3, -0.25) is 0 Å². The average Bonchev–Trinajstić information content (AvgIpc) is 3.07. The number of amides is 1. The number of aliphatic carboxylic acids is 1. The van der Waals surface area contributed by atoms with Crippen molar-refractivity contribution in [3.8, 4) is 0 Å². The Morgan fingerprint density at radius 2 is 1.77 bits per heavy atom. The molecule has 0 saturated carbocycles. The number of rotatable bonds is 6. The summed E-state index contributed by atoms with van der Waals surface area (Å²) < 4.78 is 11.4. The molecular weight excluding hydrogens is 396 g/mol. The fraction of sp³-hybridized carbons (Fsp3) is 0.333. The SMILES string of the molecule is COC.Cc1ccc2c(c1)c(C(C)C(NC(=O)OCc1ccccc1)C(=O)O)cn2C. The molecule has 0 aliphatic rings. The van der Waals surface area contributed by atoms with Gasteiger partial charge >= 0.3 is 12.1 Å². The van der Waals surface area contributed by atoms with Crippen molar-refractivity contribution in [2.75, 3.05) is 14.2 Å². The number of nitrogens with one attached hydrogen (secondary N) is 1. The highest BCUT2D eigenvalue weighted by Crippen LogP contribution is 2.30. The second-order valence-electron chi connectivity index (χ2n) is 7.43. The van der Waals surface area contributed by atoms with Gasteiger partial charge in [0.1, 0.15) is 12.6 Å². The third kappa shape index (κ3) is 6.33. The van der Waals surface area contributed by atoms with Gasteiger partial charge in [-0.25, -0.2) is 9.59 Å². The van der Waals surface area contributed by atoms with Gasteiger partial charge in [-0.05, 0) is 30.2 Å². The topological polar surface area (TPSA) is 89.8 Å². The summed E-state index contributed by atoms with van der Waals surface area (Å²) in [4.78, 5) is 24.0. The predicted octanol–water partition coefficient (Wildman–Crippen LogP) is 4.23. The molecule has 3 rings (SSSR count). The van der Waals surface area contributed by atoms with Crippen LogP contribution < -0.4 is 5.32 Å². The molecule has 1 amide bonds. The lowest BCUT2D eigenvalue weighted by Gasteiger charge is -2.21. The van der Waals surface area contributed by atoms with Gasteiger partial charge in [-0.15, -0.1) is 0 Å². The summed E-state index contributed by atoms with van der Waals surface area (Å²) >= 11 is 0. The van der Waals surface area contributed by atoms with Gasteiger partial charge in [0.15, 0.2) is 0 Å². The number of benzene rings is 2. The Balaban J connectivity index is 0.00000107. The zero-order valence-electron chi connectivity index (χ0n) is 18.6. The fourth-order valence-electron chi connectivity index (χ4n) is 3.37. The Morgan fingerprint density at radius 3 is 2.39 bits per heavy atom. The van der Waals surface area contributed by atoms with Crippen molar-refractivity contribution >= 4 is 23.0 Å². The van der Waals surface area contributed by atoms with Gasteiger partial charge in [0.2, 0.25) is 0 Å². The Kier molecular flexibility index (Phi) is 8.63. The molecule has 31 heavy (non-hydrogen) atoms. The molecule has 2 aromatic carbocycles. The van der Waals surface area contributed by atoms with Crippen LogP contribution >= 0.6 is 0 Å². The van der Waals surface area contributed by atoms with E-state index in [0.717, 1.165) is 27.6 Å². The summed E-state index contributed by atoms with van der Waals surface area (Å²) in [6.07, 6.45) is 1.17. The van der Waals surface area contributed by atoms with Crippen LogP contribution in [0.25, 0.3) is 10.9 Å². The van der Waals surface area contributed by atoms with Gasteiger partial charge in [-0.1, -0.05) is 48.9 Å². The quantitative estimate of drug-likeness (QED) is 0.616. The molecule has 2 N–H and O–H groups in total. The maximum absolute atomic E-state index is 12.2. The number of alkyl carbamates (subject to hydrolysis) is 1. The van der Waals surface area contributed by atoms with Crippen LogP contribution in [0, 0.1) is 6.92 Å². The normalized spacial score (nSPS) is 12.4. The molecule has 2 unspecified atom stereocenters. The first-order chi connectivity index (χ1) is 14.8. The van der Waals surface area contributed by atoms with Crippen LogP contribution in [-0.2, 0) is 27.9 Å². The number of carboxylic acids is 1. The third-order valence-electron chi connectivity index (χ3n) is 4.92. The van der Waals surface area contributed by atoms with E-state index in [9.17, 15) is 14.7 Å². The molecule has 2 atom stereocenters. The standard InChI is InChI=1S/C22H24N2O4.C2H6O/c1-14-9-10-19-17(11-14)18(12-24(19)3)15(2)20(21(25)26)23-22(27)28-13-16-7-5-4-6-8-16;1-3-2/h4-12,15,20H,13H2,1-3H3,(H,23,27)(H,25,26);1-2H3. The Morgan fingerprint density at radius 1 is 1.13 bits per heavy atom. The molecule has 0 radical (unpaired) electrons. The summed E-state index contributed by atoms with van der Waals surface area (Å²) in [5.74, 6) is -1.54. The smallest absolute Gasteiger partial charge is 0.408 e. The summed E-state index contributed by atoms with van der Waals surface area (Å²) in [5, 5.41) is 13.2. The zero-order chi connectivity index (χ0) is 23.0. The van der Waals surface area contributed by atoms with Gasteiger partial charge < -0.3 is 24.5 Å². The molecule has 0 bridgehead atoms. The molecule has 1 heterocycles. The largest absolute Gasteiger partial charge is 0.480 e. The van der Waals surface area contributed by atoms with Crippen LogP contribution in [0.5, 0.6) is 0 Å². The highest BCUT2D eigenvalue weighted by molar-refractivity contribution is 5.87. The van der Waals surface area contributed by atoms with E-state index >= 15 is 0 Å². The third-order valence-corrected chi connectivity index (χ3v) is 4.92. The molecule has 0 aliphatic heterocycles. The first-order valence-corrected chi connectivity index (χ1v) is 9.94. The number of nitrogens with zero attached hydrogens (tertiary/aromatic N) is 1. The first-order valence-electron chi connectivity index (χ1n) is 9.94. The highest BCUT2D eigenvalue weighted by Gasteiger charge is 2.30. The van der Waals surface area contributed by atoms with E-state index in [4.69, 9.17) is 4.74 Å². The molecular formula is C24H30N2O5. The molecule has 0 fully saturated rings. The molecule has 3 aromatic rings. The Bertz CT molecular complexity index is 1010. The number of aromatic nitrogens is 1. The van der Waals surface area contributed by atoms with E-state index in [1.807, 2.05) is 73.3 Å². The lowest BCUT2D eigenvalue weighted by atomic mass is 9.92. The second kappa shape index (κ2) is 11.2. The van der Waals surface area contributed by atoms with Crippen molar-refractivity contribution in [2.45, 2.75) is 32.4 Å². The Labute approximate surface area is 182 Å². The van der Waals surface area contributed by atoms with E-state index in [-0.39, 0.29) is 6.61 Å². The molecule has 1 aromatic heterocycles. The maximum atomic E-state index is 12.2. The van der Waals surface area contributed by atoms with Crippen LogP contribution in [0.1, 0.15) is 29.5 Å². The molecule has 7 nitrogen and oxygen atoms in total. The molecule has 166 valence electrons. The predicted molar refractivity (Wildman–Crippen MR) is 120 cm³/mol. The number of carbonyl (C=O) groups is 2. The van der Waals surface area contributed by atoms with Crippen molar-refractivity contribution in [3.05, 3.63) is 71.4 Å². The second-order valence-corrected chi connectivity index (χ2v) is 7.43. The van der Waals surface area contributed by atoms with Crippen molar-refractivity contribution in [2.24, 2.45) is 7.05 Å². The first kappa shape index (κ1) is 24.0. The lowest BCUT2D eigenvalue weighted by Crippen LogP contribution is -2.44. The maximum Gasteiger partial charge on any atom is 0.408 e. The van der Waals surface area contributed by atoms with Crippen LogP contribution in [0.15, 0.2) is 54.7 Å². The number of carboxylic acid groups (broad SMARTS) is 1. The molecule has 0 saturated heterocycles. The molecule has 7 heteroatoms. The molecule has 0 spiro atoms. The summed E-state index contributed by atoms with van der Waals surface area (Å²) in [5.41, 5.74) is 3.82. The van der Waals surface area contributed by atoms with Crippen molar-refractivity contribution in [1.29, 1.82) is 0 Å². The van der Waals surface area contributed by atoms with E-state index in [0.29, 0.717) is 0 Å².